The number of rotatable bonds is 13. The average Bonchev–Trinajstić information content (AvgIpc) is 2.91. The topological polar surface area (TPSA) is 86.8 Å². The molecule has 3 aromatic carbocycles. The molecule has 8 heteroatoms. The molecular weight excluding hydrogens is 510 g/mol. The Hall–Kier alpha value is -3.65. The molecule has 2 amide bonds. The number of hydrogen-bond donors (Lipinski definition) is 1. The van der Waals surface area contributed by atoms with Crippen molar-refractivity contribution >= 4 is 27.5 Å². The molecule has 0 spiro atoms. The van der Waals surface area contributed by atoms with Crippen LogP contribution >= 0.6 is 0 Å². The van der Waals surface area contributed by atoms with Crippen LogP contribution in [-0.2, 0) is 32.6 Å². The van der Waals surface area contributed by atoms with Gasteiger partial charge in [-0.05, 0) is 55.5 Å². The van der Waals surface area contributed by atoms with Crippen LogP contribution < -0.4 is 9.62 Å². The third-order valence-corrected chi connectivity index (χ3v) is 7.99. The van der Waals surface area contributed by atoms with Crippen LogP contribution in [0.25, 0.3) is 0 Å². The van der Waals surface area contributed by atoms with Crippen LogP contribution in [0, 0.1) is 13.8 Å². The second kappa shape index (κ2) is 13.9. The van der Waals surface area contributed by atoms with Crippen molar-refractivity contribution in [3.05, 3.63) is 101 Å². The van der Waals surface area contributed by atoms with Crippen LogP contribution in [0.1, 0.15) is 42.0 Å². The minimum atomic E-state index is -3.56. The van der Waals surface area contributed by atoms with Gasteiger partial charge in [-0.1, -0.05) is 72.8 Å². The molecule has 0 aliphatic heterocycles. The number of hydrogen-bond acceptors (Lipinski definition) is 4. The molecule has 7 nitrogen and oxygen atoms in total. The van der Waals surface area contributed by atoms with E-state index in [0.29, 0.717) is 25.1 Å². The number of carbonyl (C=O) groups excluding carboxylic acids is 2. The molecule has 0 unspecified atom stereocenters. The summed E-state index contributed by atoms with van der Waals surface area (Å²) in [6, 6.07) is 24.1. The standard InChI is InChI=1S/C31H39N3O4S/c1-5-32-31(36)29(22-26-15-8-6-9-16-26)33(23-27-17-10-7-11-18-27)30(35)20-13-21-34(39(4,37)38)28-19-12-14-24(2)25(28)3/h6-12,14-19,29H,5,13,20-23H2,1-4H3,(H,32,36)/t29-/m0/s1. The van der Waals surface area contributed by atoms with Crippen molar-refractivity contribution in [2.24, 2.45) is 0 Å². The number of aryl methyl sites for hydroxylation is 1. The van der Waals surface area contributed by atoms with E-state index in [1.807, 2.05) is 93.6 Å². The molecule has 0 fully saturated rings. The van der Waals surface area contributed by atoms with E-state index in [-0.39, 0.29) is 31.3 Å². The second-order valence-electron chi connectivity index (χ2n) is 9.77. The summed E-state index contributed by atoms with van der Waals surface area (Å²) in [6.45, 7) is 6.60. The van der Waals surface area contributed by atoms with Gasteiger partial charge in [0.25, 0.3) is 0 Å². The summed E-state index contributed by atoms with van der Waals surface area (Å²) in [5.74, 6) is -0.403. The van der Waals surface area contributed by atoms with Crippen molar-refractivity contribution in [2.45, 2.75) is 52.6 Å². The molecule has 39 heavy (non-hydrogen) atoms. The van der Waals surface area contributed by atoms with E-state index < -0.39 is 16.1 Å². The van der Waals surface area contributed by atoms with Gasteiger partial charge in [0.2, 0.25) is 21.8 Å². The fourth-order valence-corrected chi connectivity index (χ4v) is 5.63. The van der Waals surface area contributed by atoms with Gasteiger partial charge in [0, 0.05) is 32.5 Å². The Kier molecular flexibility index (Phi) is 10.7. The molecule has 0 aliphatic carbocycles. The van der Waals surface area contributed by atoms with Gasteiger partial charge in [0.1, 0.15) is 6.04 Å². The highest BCUT2D eigenvalue weighted by molar-refractivity contribution is 7.92. The zero-order valence-electron chi connectivity index (χ0n) is 23.3. The molecule has 0 heterocycles. The first-order valence-electron chi connectivity index (χ1n) is 13.3. The van der Waals surface area contributed by atoms with E-state index in [1.165, 1.54) is 10.6 Å². The average molecular weight is 550 g/mol. The summed E-state index contributed by atoms with van der Waals surface area (Å²) in [4.78, 5) is 28.6. The van der Waals surface area contributed by atoms with E-state index in [1.54, 1.807) is 11.0 Å². The molecule has 1 N–H and O–H groups in total. The molecule has 1 atom stereocenters. The van der Waals surface area contributed by atoms with E-state index in [4.69, 9.17) is 0 Å². The lowest BCUT2D eigenvalue weighted by molar-refractivity contribution is -0.141. The van der Waals surface area contributed by atoms with Gasteiger partial charge in [-0.25, -0.2) is 8.42 Å². The van der Waals surface area contributed by atoms with Gasteiger partial charge in [-0.15, -0.1) is 0 Å². The van der Waals surface area contributed by atoms with Crippen molar-refractivity contribution < 1.29 is 18.0 Å². The molecule has 0 saturated heterocycles. The number of likely N-dealkylation sites (N-methyl/N-ethyl adjacent to an activating group) is 1. The molecule has 3 rings (SSSR count). The van der Waals surface area contributed by atoms with Crippen LogP contribution in [0.4, 0.5) is 5.69 Å². The quantitative estimate of drug-likeness (QED) is 0.337. The number of sulfonamides is 1. The normalized spacial score (nSPS) is 12.0. The first kappa shape index (κ1) is 29.9. The lowest BCUT2D eigenvalue weighted by atomic mass is 10.0. The SMILES string of the molecule is CCNC(=O)[C@H](Cc1ccccc1)N(Cc1ccccc1)C(=O)CCCN(c1cccc(C)c1C)S(C)(=O)=O. The van der Waals surface area contributed by atoms with Crippen LogP contribution in [0.3, 0.4) is 0 Å². The minimum Gasteiger partial charge on any atom is -0.355 e. The van der Waals surface area contributed by atoms with Crippen molar-refractivity contribution in [2.75, 3.05) is 23.7 Å². The Morgan fingerprint density at radius 1 is 0.872 bits per heavy atom. The number of anilines is 1. The molecule has 0 aromatic heterocycles. The predicted molar refractivity (Wildman–Crippen MR) is 157 cm³/mol. The lowest BCUT2D eigenvalue weighted by Crippen LogP contribution is -2.50. The fraction of sp³-hybridized carbons (Fsp3) is 0.355. The van der Waals surface area contributed by atoms with E-state index in [2.05, 4.69) is 5.32 Å². The third kappa shape index (κ3) is 8.42. The third-order valence-electron chi connectivity index (χ3n) is 6.81. The van der Waals surface area contributed by atoms with Crippen molar-refractivity contribution in [1.82, 2.24) is 10.2 Å². The highest BCUT2D eigenvalue weighted by atomic mass is 32.2. The summed E-state index contributed by atoms with van der Waals surface area (Å²) in [5, 5.41) is 2.89. The highest BCUT2D eigenvalue weighted by Crippen LogP contribution is 2.25. The summed E-state index contributed by atoms with van der Waals surface area (Å²) >= 11 is 0. The number of nitrogens with zero attached hydrogens (tertiary/aromatic N) is 2. The Morgan fingerprint density at radius 2 is 1.49 bits per heavy atom. The van der Waals surface area contributed by atoms with Gasteiger partial charge in [0.05, 0.1) is 11.9 Å². The van der Waals surface area contributed by atoms with Gasteiger partial charge in [-0.3, -0.25) is 13.9 Å². The zero-order valence-corrected chi connectivity index (χ0v) is 24.1. The van der Waals surface area contributed by atoms with E-state index >= 15 is 0 Å². The Balaban J connectivity index is 1.86. The van der Waals surface area contributed by atoms with Gasteiger partial charge in [0.15, 0.2) is 0 Å². The summed E-state index contributed by atoms with van der Waals surface area (Å²) in [6.07, 6.45) is 1.99. The van der Waals surface area contributed by atoms with Gasteiger partial charge < -0.3 is 10.2 Å². The van der Waals surface area contributed by atoms with Crippen molar-refractivity contribution in [3.63, 3.8) is 0 Å². The summed E-state index contributed by atoms with van der Waals surface area (Å²) in [5.41, 5.74) is 4.38. The smallest absolute Gasteiger partial charge is 0.243 e. The van der Waals surface area contributed by atoms with Crippen LogP contribution in [0.2, 0.25) is 0 Å². The number of benzene rings is 3. The van der Waals surface area contributed by atoms with Crippen molar-refractivity contribution in [3.8, 4) is 0 Å². The Morgan fingerprint density at radius 3 is 2.08 bits per heavy atom. The maximum absolute atomic E-state index is 13.8. The molecule has 0 bridgehead atoms. The summed E-state index contributed by atoms with van der Waals surface area (Å²) in [7, 11) is -3.56. The molecule has 3 aromatic rings. The monoisotopic (exact) mass is 549 g/mol. The second-order valence-corrected chi connectivity index (χ2v) is 11.7. The number of amides is 2. The van der Waals surface area contributed by atoms with Gasteiger partial charge >= 0.3 is 0 Å². The summed E-state index contributed by atoms with van der Waals surface area (Å²) < 4.78 is 26.8. The zero-order chi connectivity index (χ0) is 28.4. The van der Waals surface area contributed by atoms with E-state index in [9.17, 15) is 18.0 Å². The molecular formula is C31H39N3O4S. The van der Waals surface area contributed by atoms with E-state index in [0.717, 1.165) is 22.3 Å². The van der Waals surface area contributed by atoms with Crippen LogP contribution in [-0.4, -0.2) is 50.5 Å². The molecule has 0 saturated carbocycles. The van der Waals surface area contributed by atoms with Gasteiger partial charge in [-0.2, -0.15) is 0 Å². The van der Waals surface area contributed by atoms with Crippen LogP contribution in [0.15, 0.2) is 78.9 Å². The molecule has 208 valence electrons. The lowest BCUT2D eigenvalue weighted by Gasteiger charge is -2.32. The maximum atomic E-state index is 13.8. The number of carbonyl (C=O) groups is 2. The maximum Gasteiger partial charge on any atom is 0.243 e. The Bertz CT molecular complexity index is 1340. The first-order valence-corrected chi connectivity index (χ1v) is 15.2. The van der Waals surface area contributed by atoms with Crippen LogP contribution in [0.5, 0.6) is 0 Å². The predicted octanol–water partition coefficient (Wildman–Crippen LogP) is 4.63. The highest BCUT2D eigenvalue weighted by Gasteiger charge is 2.30. The first-order chi connectivity index (χ1) is 18.6. The molecule has 0 radical (unpaired) electrons. The fourth-order valence-electron chi connectivity index (χ4n) is 4.61. The molecule has 0 aliphatic rings. The largest absolute Gasteiger partial charge is 0.355 e. The van der Waals surface area contributed by atoms with Crippen molar-refractivity contribution in [1.29, 1.82) is 0 Å². The number of nitrogens with one attached hydrogen (secondary N) is 1. The minimum absolute atomic E-state index is 0.106. The Labute approximate surface area is 232 Å².